The zero-order chi connectivity index (χ0) is 13.9. The number of nitrogens with zero attached hydrogens (tertiary/aromatic N) is 2. The molecule has 1 saturated heterocycles. The van der Waals surface area contributed by atoms with Crippen LogP contribution in [0.4, 0.5) is 11.5 Å². The molecular formula is C16H20N4. The lowest BCUT2D eigenvalue weighted by Crippen LogP contribution is -2.43. The van der Waals surface area contributed by atoms with E-state index in [1.54, 1.807) is 0 Å². The second kappa shape index (κ2) is 5.51. The van der Waals surface area contributed by atoms with Gasteiger partial charge in [0.1, 0.15) is 5.82 Å². The molecule has 0 amide bonds. The number of pyridine rings is 1. The van der Waals surface area contributed by atoms with Crippen LogP contribution in [-0.4, -0.2) is 31.2 Å². The fraction of sp³-hybridized carbons (Fsp3) is 0.312. The predicted octanol–water partition coefficient (Wildman–Crippen LogP) is 2.05. The first kappa shape index (κ1) is 12.9. The van der Waals surface area contributed by atoms with Gasteiger partial charge in [-0.3, -0.25) is 0 Å². The molecule has 104 valence electrons. The first-order valence-corrected chi connectivity index (χ1v) is 7.02. The Morgan fingerprint density at radius 2 is 1.95 bits per heavy atom. The average molecular weight is 268 g/mol. The maximum absolute atomic E-state index is 5.79. The smallest absolute Gasteiger partial charge is 0.126 e. The Kier molecular flexibility index (Phi) is 3.56. The summed E-state index contributed by atoms with van der Waals surface area (Å²) in [6.45, 7) is 6.20. The Bertz CT molecular complexity index is 603. The van der Waals surface area contributed by atoms with Gasteiger partial charge < -0.3 is 16.0 Å². The summed E-state index contributed by atoms with van der Waals surface area (Å²) in [7, 11) is 0. The molecule has 0 unspecified atom stereocenters. The minimum Gasteiger partial charge on any atom is -0.383 e. The highest BCUT2D eigenvalue weighted by molar-refractivity contribution is 5.69. The van der Waals surface area contributed by atoms with Crippen molar-refractivity contribution in [1.29, 1.82) is 0 Å². The van der Waals surface area contributed by atoms with E-state index >= 15 is 0 Å². The lowest BCUT2D eigenvalue weighted by atomic mass is 10.0. The molecule has 3 rings (SSSR count). The molecule has 0 aliphatic carbocycles. The fourth-order valence-electron chi connectivity index (χ4n) is 2.55. The molecule has 20 heavy (non-hydrogen) atoms. The monoisotopic (exact) mass is 268 g/mol. The summed E-state index contributed by atoms with van der Waals surface area (Å²) in [6, 6.07) is 10.7. The van der Waals surface area contributed by atoms with E-state index in [4.69, 9.17) is 5.73 Å². The number of piperazine rings is 1. The molecule has 2 aromatic rings. The van der Waals surface area contributed by atoms with Gasteiger partial charge in [-0.15, -0.1) is 0 Å². The van der Waals surface area contributed by atoms with Crippen molar-refractivity contribution in [2.75, 3.05) is 36.8 Å². The molecule has 0 radical (unpaired) electrons. The SMILES string of the molecule is Cc1cc(-c2cccc(N3CCNCC3)c2)cnc1N. The van der Waals surface area contributed by atoms with Gasteiger partial charge in [-0.05, 0) is 36.2 Å². The molecule has 1 aromatic carbocycles. The highest BCUT2D eigenvalue weighted by Gasteiger charge is 2.11. The number of hydrogen-bond donors (Lipinski definition) is 2. The van der Waals surface area contributed by atoms with E-state index in [9.17, 15) is 0 Å². The van der Waals surface area contributed by atoms with Gasteiger partial charge in [-0.25, -0.2) is 4.98 Å². The third kappa shape index (κ3) is 2.60. The van der Waals surface area contributed by atoms with E-state index in [1.807, 2.05) is 13.1 Å². The van der Waals surface area contributed by atoms with Crippen LogP contribution in [0.15, 0.2) is 36.5 Å². The van der Waals surface area contributed by atoms with Crippen molar-refractivity contribution in [3.63, 3.8) is 0 Å². The number of hydrogen-bond acceptors (Lipinski definition) is 4. The van der Waals surface area contributed by atoms with Crippen LogP contribution in [0.3, 0.4) is 0 Å². The summed E-state index contributed by atoms with van der Waals surface area (Å²) in [5.74, 6) is 0.604. The quantitative estimate of drug-likeness (QED) is 0.875. The Labute approximate surface area is 119 Å². The van der Waals surface area contributed by atoms with Crippen LogP contribution in [0, 0.1) is 6.92 Å². The van der Waals surface area contributed by atoms with Crippen LogP contribution >= 0.6 is 0 Å². The second-order valence-electron chi connectivity index (χ2n) is 5.21. The van der Waals surface area contributed by atoms with E-state index in [0.717, 1.165) is 37.3 Å². The molecule has 1 aliphatic rings. The van der Waals surface area contributed by atoms with Crippen molar-refractivity contribution in [1.82, 2.24) is 10.3 Å². The molecule has 4 nitrogen and oxygen atoms in total. The highest BCUT2D eigenvalue weighted by Crippen LogP contribution is 2.26. The average Bonchev–Trinajstić information content (AvgIpc) is 2.51. The first-order valence-electron chi connectivity index (χ1n) is 7.02. The third-order valence-corrected chi connectivity index (χ3v) is 3.78. The minimum absolute atomic E-state index is 0.604. The standard InChI is InChI=1S/C16H20N4/c1-12-9-14(11-19-16(12)17)13-3-2-4-15(10-13)20-7-5-18-6-8-20/h2-4,9-11,18H,5-8H2,1H3,(H2,17,19). The largest absolute Gasteiger partial charge is 0.383 e. The number of nitrogens with two attached hydrogens (primary N) is 1. The molecular weight excluding hydrogens is 248 g/mol. The van der Waals surface area contributed by atoms with Crippen LogP contribution in [-0.2, 0) is 0 Å². The van der Waals surface area contributed by atoms with Crippen molar-refractivity contribution in [2.45, 2.75) is 6.92 Å². The number of aryl methyl sites for hydroxylation is 1. The van der Waals surface area contributed by atoms with Crippen molar-refractivity contribution < 1.29 is 0 Å². The molecule has 0 spiro atoms. The van der Waals surface area contributed by atoms with Gasteiger partial charge in [-0.1, -0.05) is 12.1 Å². The second-order valence-corrected chi connectivity index (χ2v) is 5.21. The molecule has 0 bridgehead atoms. The minimum atomic E-state index is 0.604. The number of aromatic nitrogens is 1. The molecule has 1 fully saturated rings. The van der Waals surface area contributed by atoms with Crippen LogP contribution in [0.2, 0.25) is 0 Å². The van der Waals surface area contributed by atoms with E-state index in [-0.39, 0.29) is 0 Å². The van der Waals surface area contributed by atoms with Gasteiger partial charge in [0.25, 0.3) is 0 Å². The van der Waals surface area contributed by atoms with Crippen molar-refractivity contribution >= 4 is 11.5 Å². The Hall–Kier alpha value is -2.07. The Balaban J connectivity index is 1.91. The van der Waals surface area contributed by atoms with Crippen LogP contribution in [0.1, 0.15) is 5.56 Å². The lowest BCUT2D eigenvalue weighted by Gasteiger charge is -2.29. The number of anilines is 2. The Morgan fingerprint density at radius 1 is 1.15 bits per heavy atom. The van der Waals surface area contributed by atoms with Crippen LogP contribution < -0.4 is 16.0 Å². The van der Waals surface area contributed by atoms with E-state index < -0.39 is 0 Å². The maximum atomic E-state index is 5.79. The molecule has 3 N–H and O–H groups in total. The summed E-state index contributed by atoms with van der Waals surface area (Å²) in [5.41, 5.74) is 10.4. The molecule has 1 aliphatic heterocycles. The summed E-state index contributed by atoms with van der Waals surface area (Å²) in [6.07, 6.45) is 1.85. The summed E-state index contributed by atoms with van der Waals surface area (Å²) >= 11 is 0. The molecule has 0 atom stereocenters. The van der Waals surface area contributed by atoms with Crippen LogP contribution in [0.25, 0.3) is 11.1 Å². The van der Waals surface area contributed by atoms with Crippen molar-refractivity contribution in [2.24, 2.45) is 0 Å². The fourth-order valence-corrected chi connectivity index (χ4v) is 2.55. The van der Waals surface area contributed by atoms with E-state index in [1.165, 1.54) is 11.3 Å². The summed E-state index contributed by atoms with van der Waals surface area (Å²) in [5, 5.41) is 3.38. The first-order chi connectivity index (χ1) is 9.74. The third-order valence-electron chi connectivity index (χ3n) is 3.78. The number of nitrogen functional groups attached to an aromatic ring is 1. The Morgan fingerprint density at radius 3 is 2.70 bits per heavy atom. The van der Waals surface area contributed by atoms with E-state index in [2.05, 4.69) is 45.5 Å². The molecule has 0 saturated carbocycles. The van der Waals surface area contributed by atoms with Crippen molar-refractivity contribution in [3.8, 4) is 11.1 Å². The highest BCUT2D eigenvalue weighted by atomic mass is 15.2. The van der Waals surface area contributed by atoms with Crippen molar-refractivity contribution in [3.05, 3.63) is 42.1 Å². The molecule has 1 aromatic heterocycles. The predicted molar refractivity (Wildman–Crippen MR) is 83.9 cm³/mol. The van der Waals surface area contributed by atoms with E-state index in [0.29, 0.717) is 5.82 Å². The zero-order valence-electron chi connectivity index (χ0n) is 11.8. The van der Waals surface area contributed by atoms with Gasteiger partial charge in [0, 0.05) is 43.6 Å². The van der Waals surface area contributed by atoms with Gasteiger partial charge in [0.05, 0.1) is 0 Å². The number of benzene rings is 1. The topological polar surface area (TPSA) is 54.2 Å². The number of rotatable bonds is 2. The maximum Gasteiger partial charge on any atom is 0.126 e. The lowest BCUT2D eigenvalue weighted by molar-refractivity contribution is 0.589. The zero-order valence-corrected chi connectivity index (χ0v) is 11.8. The van der Waals surface area contributed by atoms with Gasteiger partial charge >= 0.3 is 0 Å². The molecule has 2 heterocycles. The van der Waals surface area contributed by atoms with Gasteiger partial charge in [-0.2, -0.15) is 0 Å². The van der Waals surface area contributed by atoms with Gasteiger partial charge in [0.2, 0.25) is 0 Å². The molecule has 4 heteroatoms. The number of nitrogens with one attached hydrogen (secondary N) is 1. The summed E-state index contributed by atoms with van der Waals surface area (Å²) < 4.78 is 0. The van der Waals surface area contributed by atoms with Gasteiger partial charge in [0.15, 0.2) is 0 Å². The normalized spacial score (nSPS) is 15.3. The summed E-state index contributed by atoms with van der Waals surface area (Å²) in [4.78, 5) is 6.67. The van der Waals surface area contributed by atoms with Crippen LogP contribution in [0.5, 0.6) is 0 Å².